The van der Waals surface area contributed by atoms with Gasteiger partial charge in [0.15, 0.2) is 0 Å². The largest absolute Gasteiger partial charge is 0.309 e. The van der Waals surface area contributed by atoms with Crippen LogP contribution in [0.3, 0.4) is 0 Å². The SMILES string of the molecule is CSCCC(C)NCc1cc(-c2ccccc2)cs1. The summed E-state index contributed by atoms with van der Waals surface area (Å²) < 4.78 is 0. The first-order chi connectivity index (χ1) is 9.29. The van der Waals surface area contributed by atoms with Crippen molar-refractivity contribution < 1.29 is 0 Å². The topological polar surface area (TPSA) is 12.0 Å². The molecule has 0 radical (unpaired) electrons. The molecule has 3 heteroatoms. The van der Waals surface area contributed by atoms with Gasteiger partial charge in [-0.1, -0.05) is 30.3 Å². The van der Waals surface area contributed by atoms with E-state index in [9.17, 15) is 0 Å². The summed E-state index contributed by atoms with van der Waals surface area (Å²) in [6.07, 6.45) is 3.40. The van der Waals surface area contributed by atoms with Gasteiger partial charge in [0.05, 0.1) is 0 Å². The summed E-state index contributed by atoms with van der Waals surface area (Å²) in [6, 6.07) is 13.5. The minimum atomic E-state index is 0.592. The number of benzene rings is 1. The van der Waals surface area contributed by atoms with Gasteiger partial charge in [0.2, 0.25) is 0 Å². The van der Waals surface area contributed by atoms with Gasteiger partial charge in [0.25, 0.3) is 0 Å². The van der Waals surface area contributed by atoms with Crippen LogP contribution in [0.4, 0.5) is 0 Å². The number of thioether (sulfide) groups is 1. The monoisotopic (exact) mass is 291 g/mol. The van der Waals surface area contributed by atoms with Crippen LogP contribution in [-0.2, 0) is 6.54 Å². The average molecular weight is 291 g/mol. The molecule has 1 unspecified atom stereocenters. The van der Waals surface area contributed by atoms with Crippen molar-refractivity contribution in [3.8, 4) is 11.1 Å². The van der Waals surface area contributed by atoms with Gasteiger partial charge in [0.1, 0.15) is 0 Å². The molecule has 1 aromatic carbocycles. The molecule has 0 spiro atoms. The molecule has 1 N–H and O–H groups in total. The smallest absolute Gasteiger partial charge is 0.0302 e. The number of rotatable bonds is 7. The van der Waals surface area contributed by atoms with Gasteiger partial charge in [-0.25, -0.2) is 0 Å². The predicted molar refractivity (Wildman–Crippen MR) is 89.1 cm³/mol. The van der Waals surface area contributed by atoms with Crippen LogP contribution in [0.2, 0.25) is 0 Å². The first-order valence-corrected chi connectivity index (χ1v) is 8.92. The van der Waals surface area contributed by atoms with E-state index in [0.717, 1.165) is 6.54 Å². The van der Waals surface area contributed by atoms with E-state index in [0.29, 0.717) is 6.04 Å². The Morgan fingerprint density at radius 1 is 1.21 bits per heavy atom. The summed E-state index contributed by atoms with van der Waals surface area (Å²) in [4.78, 5) is 1.41. The highest BCUT2D eigenvalue weighted by Gasteiger charge is 2.04. The quantitative estimate of drug-likeness (QED) is 0.797. The average Bonchev–Trinajstić information content (AvgIpc) is 2.93. The molecule has 2 aromatic rings. The van der Waals surface area contributed by atoms with Crippen LogP contribution < -0.4 is 5.32 Å². The summed E-state index contributed by atoms with van der Waals surface area (Å²) in [5.41, 5.74) is 2.64. The van der Waals surface area contributed by atoms with E-state index in [1.54, 1.807) is 0 Å². The van der Waals surface area contributed by atoms with Crippen LogP contribution in [0.5, 0.6) is 0 Å². The third-order valence-corrected chi connectivity index (χ3v) is 4.72. The fourth-order valence-corrected chi connectivity index (χ4v) is 3.36. The van der Waals surface area contributed by atoms with E-state index in [4.69, 9.17) is 0 Å². The molecular weight excluding hydrogens is 270 g/mol. The lowest BCUT2D eigenvalue weighted by atomic mass is 10.1. The van der Waals surface area contributed by atoms with Gasteiger partial charge in [0, 0.05) is 17.5 Å². The highest BCUT2D eigenvalue weighted by Crippen LogP contribution is 2.25. The normalized spacial score (nSPS) is 12.5. The van der Waals surface area contributed by atoms with Gasteiger partial charge in [-0.2, -0.15) is 11.8 Å². The van der Waals surface area contributed by atoms with Crippen molar-refractivity contribution in [2.45, 2.75) is 25.9 Å². The lowest BCUT2D eigenvalue weighted by Crippen LogP contribution is -2.25. The zero-order chi connectivity index (χ0) is 13.5. The second-order valence-electron chi connectivity index (χ2n) is 4.73. The molecule has 0 fully saturated rings. The van der Waals surface area contributed by atoms with Gasteiger partial charge >= 0.3 is 0 Å². The predicted octanol–water partition coefficient (Wildman–Crippen LogP) is 4.65. The number of nitrogens with one attached hydrogen (secondary N) is 1. The van der Waals surface area contributed by atoms with E-state index in [2.05, 4.69) is 60.3 Å². The Bertz CT molecular complexity index is 479. The summed E-state index contributed by atoms with van der Waals surface area (Å²) in [5.74, 6) is 1.23. The van der Waals surface area contributed by atoms with Gasteiger partial charge in [-0.15, -0.1) is 11.3 Å². The molecule has 0 aliphatic carbocycles. The molecule has 0 saturated carbocycles. The van der Waals surface area contributed by atoms with E-state index in [-0.39, 0.29) is 0 Å². The molecule has 1 atom stereocenters. The van der Waals surface area contributed by atoms with Gasteiger partial charge in [-0.05, 0) is 47.9 Å². The van der Waals surface area contributed by atoms with Crippen LogP contribution in [-0.4, -0.2) is 18.1 Å². The molecule has 102 valence electrons. The summed E-state index contributed by atoms with van der Waals surface area (Å²) in [7, 11) is 0. The van der Waals surface area contributed by atoms with Gasteiger partial charge in [-0.3, -0.25) is 0 Å². The molecule has 0 aliphatic rings. The van der Waals surface area contributed by atoms with Crippen molar-refractivity contribution in [3.05, 3.63) is 46.7 Å². The van der Waals surface area contributed by atoms with Crippen LogP contribution in [0, 0.1) is 0 Å². The molecule has 19 heavy (non-hydrogen) atoms. The highest BCUT2D eigenvalue weighted by molar-refractivity contribution is 7.98. The lowest BCUT2D eigenvalue weighted by Gasteiger charge is -2.11. The van der Waals surface area contributed by atoms with E-state index in [1.165, 1.54) is 28.2 Å². The first kappa shape index (κ1) is 14.6. The van der Waals surface area contributed by atoms with E-state index in [1.807, 2.05) is 23.1 Å². The molecule has 1 heterocycles. The first-order valence-electron chi connectivity index (χ1n) is 6.64. The molecule has 1 aromatic heterocycles. The Kier molecular flexibility index (Phi) is 5.95. The molecule has 0 aliphatic heterocycles. The Balaban J connectivity index is 1.88. The van der Waals surface area contributed by atoms with Crippen molar-refractivity contribution in [2.75, 3.05) is 12.0 Å². The molecule has 0 saturated heterocycles. The second-order valence-corrected chi connectivity index (χ2v) is 6.71. The van der Waals surface area contributed by atoms with Crippen molar-refractivity contribution in [3.63, 3.8) is 0 Å². The minimum Gasteiger partial charge on any atom is -0.309 e. The zero-order valence-electron chi connectivity index (χ0n) is 11.6. The van der Waals surface area contributed by atoms with Crippen molar-refractivity contribution in [1.82, 2.24) is 5.32 Å². The third-order valence-electron chi connectivity index (χ3n) is 3.14. The van der Waals surface area contributed by atoms with Crippen LogP contribution in [0.15, 0.2) is 41.8 Å². The molecule has 1 nitrogen and oxygen atoms in total. The fourth-order valence-electron chi connectivity index (χ4n) is 1.93. The van der Waals surface area contributed by atoms with E-state index >= 15 is 0 Å². The van der Waals surface area contributed by atoms with Crippen LogP contribution in [0.25, 0.3) is 11.1 Å². The van der Waals surface area contributed by atoms with Crippen molar-refractivity contribution >= 4 is 23.1 Å². The number of thiophene rings is 1. The van der Waals surface area contributed by atoms with Gasteiger partial charge < -0.3 is 5.32 Å². The Labute approximate surface area is 124 Å². The molecule has 0 amide bonds. The second kappa shape index (κ2) is 7.73. The summed E-state index contributed by atoms with van der Waals surface area (Å²) >= 11 is 3.76. The minimum absolute atomic E-state index is 0.592. The maximum atomic E-state index is 3.60. The van der Waals surface area contributed by atoms with Crippen LogP contribution >= 0.6 is 23.1 Å². The lowest BCUT2D eigenvalue weighted by molar-refractivity contribution is 0.541. The Morgan fingerprint density at radius 2 is 2.00 bits per heavy atom. The van der Waals surface area contributed by atoms with E-state index < -0.39 is 0 Å². The fraction of sp³-hybridized carbons (Fsp3) is 0.375. The van der Waals surface area contributed by atoms with Crippen LogP contribution in [0.1, 0.15) is 18.2 Å². The highest BCUT2D eigenvalue weighted by atomic mass is 32.2. The summed E-state index contributed by atoms with van der Waals surface area (Å²) in [5, 5.41) is 5.84. The zero-order valence-corrected chi connectivity index (χ0v) is 13.2. The summed E-state index contributed by atoms with van der Waals surface area (Å²) in [6.45, 7) is 3.25. The maximum absolute atomic E-state index is 3.60. The molecule has 2 rings (SSSR count). The third kappa shape index (κ3) is 4.68. The van der Waals surface area contributed by atoms with Crippen molar-refractivity contribution in [2.24, 2.45) is 0 Å². The molecule has 0 bridgehead atoms. The standard InChI is InChI=1S/C16H21NS2/c1-13(8-9-18-2)17-11-16-10-15(12-19-16)14-6-4-3-5-7-14/h3-7,10,12-13,17H,8-9,11H2,1-2H3. The number of hydrogen-bond acceptors (Lipinski definition) is 3. The van der Waals surface area contributed by atoms with Crippen molar-refractivity contribution in [1.29, 1.82) is 0 Å². The Hall–Kier alpha value is -0.770. The molecular formula is C16H21NS2. The number of hydrogen-bond donors (Lipinski definition) is 1. The Morgan fingerprint density at radius 3 is 2.74 bits per heavy atom. The maximum Gasteiger partial charge on any atom is 0.0302 e.